The second-order valence-electron chi connectivity index (χ2n) is 3.67. The molecule has 0 saturated heterocycles. The second-order valence-corrected chi connectivity index (χ2v) is 4.03. The zero-order chi connectivity index (χ0) is 12.4. The maximum absolute atomic E-state index is 9.26. The molecule has 17 heavy (non-hydrogen) atoms. The third-order valence-electron chi connectivity index (χ3n) is 2.50. The Morgan fingerprint density at radius 2 is 2.12 bits per heavy atom. The van der Waals surface area contributed by atoms with Crippen molar-refractivity contribution in [2.75, 3.05) is 0 Å². The van der Waals surface area contributed by atoms with Gasteiger partial charge >= 0.3 is 0 Å². The molecule has 0 aliphatic rings. The quantitative estimate of drug-likeness (QED) is 0.903. The lowest BCUT2D eigenvalue weighted by molar-refractivity contribution is 0.281. The van der Waals surface area contributed by atoms with Crippen molar-refractivity contribution in [3.63, 3.8) is 0 Å². The third-order valence-corrected chi connectivity index (χ3v) is 2.89. The summed E-state index contributed by atoms with van der Waals surface area (Å²) in [6.45, 7) is 3.70. The van der Waals surface area contributed by atoms with E-state index >= 15 is 0 Å². The number of aryl methyl sites for hydroxylation is 2. The fourth-order valence-electron chi connectivity index (χ4n) is 1.57. The molecule has 1 N–H and O–H groups in total. The van der Waals surface area contributed by atoms with E-state index in [1.165, 1.54) is 4.68 Å². The molecule has 2 rings (SSSR count). The Bertz CT molecular complexity index is 521. The van der Waals surface area contributed by atoms with Crippen LogP contribution in [0.4, 0.5) is 0 Å². The maximum Gasteiger partial charge on any atom is 0.177 e. The number of nitrogens with zero attached hydrogens (tertiary/aromatic N) is 4. The Morgan fingerprint density at radius 1 is 1.35 bits per heavy atom. The van der Waals surface area contributed by atoms with E-state index in [0.717, 1.165) is 11.4 Å². The van der Waals surface area contributed by atoms with Gasteiger partial charge in [-0.2, -0.15) is 10.2 Å². The highest BCUT2D eigenvalue weighted by Gasteiger charge is 2.16. The third kappa shape index (κ3) is 2.16. The van der Waals surface area contributed by atoms with Crippen LogP contribution in [0, 0.1) is 6.92 Å². The number of aromatic nitrogens is 4. The Labute approximate surface area is 104 Å². The van der Waals surface area contributed by atoms with Crippen LogP contribution in [-0.4, -0.2) is 25.1 Å². The fraction of sp³-hybridized carbons (Fsp3) is 0.364. The van der Waals surface area contributed by atoms with Gasteiger partial charge < -0.3 is 5.11 Å². The van der Waals surface area contributed by atoms with Gasteiger partial charge in [-0.15, -0.1) is 5.10 Å². The van der Waals surface area contributed by atoms with Gasteiger partial charge in [0.05, 0.1) is 18.0 Å². The van der Waals surface area contributed by atoms with E-state index in [2.05, 4.69) is 15.3 Å². The van der Waals surface area contributed by atoms with Crippen LogP contribution < -0.4 is 0 Å². The van der Waals surface area contributed by atoms with Gasteiger partial charge in [0.1, 0.15) is 5.15 Å². The van der Waals surface area contributed by atoms with Crippen LogP contribution in [0.1, 0.15) is 23.9 Å². The largest absolute Gasteiger partial charge is 0.391 e. The molecular formula is C11H13ClN4O. The number of halogens is 1. The standard InChI is InChI=1S/C11H13ClN4O/c1-3-9-8(6-17)11(12)16(15-9)10-5-4-7(2)13-14-10/h4-5,17H,3,6H2,1-2H3. The molecule has 6 heteroatoms. The Balaban J connectivity index is 2.52. The van der Waals surface area contributed by atoms with Crippen LogP contribution in [0.2, 0.25) is 5.15 Å². The second kappa shape index (κ2) is 4.81. The molecule has 0 aliphatic carbocycles. The Hall–Kier alpha value is -1.46. The number of aliphatic hydroxyl groups is 1. The van der Waals surface area contributed by atoms with E-state index in [-0.39, 0.29) is 6.61 Å². The molecule has 90 valence electrons. The first-order valence-electron chi connectivity index (χ1n) is 5.35. The van der Waals surface area contributed by atoms with Crippen molar-refractivity contribution in [2.24, 2.45) is 0 Å². The molecule has 2 aromatic rings. The Morgan fingerprint density at radius 3 is 2.59 bits per heavy atom. The highest BCUT2D eigenvalue weighted by Crippen LogP contribution is 2.23. The molecule has 0 saturated carbocycles. The predicted octanol–water partition coefficient (Wildman–Crippen LogP) is 1.68. The van der Waals surface area contributed by atoms with Crippen LogP contribution in [-0.2, 0) is 13.0 Å². The summed E-state index contributed by atoms with van der Waals surface area (Å²) in [6, 6.07) is 3.63. The maximum atomic E-state index is 9.26. The molecule has 0 atom stereocenters. The van der Waals surface area contributed by atoms with Crippen molar-refractivity contribution in [1.82, 2.24) is 20.0 Å². The number of hydrogen-bond donors (Lipinski definition) is 1. The molecule has 0 fully saturated rings. The molecule has 0 aliphatic heterocycles. The first kappa shape index (κ1) is 12.0. The van der Waals surface area contributed by atoms with Crippen molar-refractivity contribution in [3.05, 3.63) is 34.2 Å². The Kier molecular flexibility index (Phi) is 3.40. The van der Waals surface area contributed by atoms with E-state index in [1.54, 1.807) is 6.07 Å². The van der Waals surface area contributed by atoms with Gasteiger partial charge in [-0.1, -0.05) is 18.5 Å². The number of hydrogen-bond acceptors (Lipinski definition) is 4. The van der Waals surface area contributed by atoms with E-state index in [9.17, 15) is 5.11 Å². The summed E-state index contributed by atoms with van der Waals surface area (Å²) in [7, 11) is 0. The molecule has 0 spiro atoms. The molecule has 5 nitrogen and oxygen atoms in total. The monoisotopic (exact) mass is 252 g/mol. The van der Waals surface area contributed by atoms with Gasteiger partial charge in [-0.25, -0.2) is 4.68 Å². The van der Waals surface area contributed by atoms with E-state index < -0.39 is 0 Å². The van der Waals surface area contributed by atoms with Crippen molar-refractivity contribution in [3.8, 4) is 5.82 Å². The van der Waals surface area contributed by atoms with Gasteiger partial charge in [0.2, 0.25) is 0 Å². The molecule has 2 heterocycles. The summed E-state index contributed by atoms with van der Waals surface area (Å²) < 4.78 is 1.50. The van der Waals surface area contributed by atoms with Crippen LogP contribution >= 0.6 is 11.6 Å². The number of aliphatic hydroxyl groups excluding tert-OH is 1. The molecule has 0 aromatic carbocycles. The minimum atomic E-state index is -0.124. The minimum absolute atomic E-state index is 0.124. The SMILES string of the molecule is CCc1nn(-c2ccc(C)nn2)c(Cl)c1CO. The zero-order valence-corrected chi connectivity index (χ0v) is 10.4. The van der Waals surface area contributed by atoms with Crippen molar-refractivity contribution in [2.45, 2.75) is 26.9 Å². The molecule has 0 unspecified atom stereocenters. The molecule has 0 amide bonds. The van der Waals surface area contributed by atoms with Gasteiger partial charge in [-0.05, 0) is 25.5 Å². The van der Waals surface area contributed by atoms with Crippen LogP contribution in [0.25, 0.3) is 5.82 Å². The van der Waals surface area contributed by atoms with Crippen LogP contribution in [0.15, 0.2) is 12.1 Å². The summed E-state index contributed by atoms with van der Waals surface area (Å²) >= 11 is 6.16. The summed E-state index contributed by atoms with van der Waals surface area (Å²) in [6.07, 6.45) is 0.710. The predicted molar refractivity (Wildman–Crippen MR) is 64.2 cm³/mol. The fourth-order valence-corrected chi connectivity index (χ4v) is 1.86. The number of rotatable bonds is 3. The van der Waals surface area contributed by atoms with Crippen LogP contribution in [0.5, 0.6) is 0 Å². The summed E-state index contributed by atoms with van der Waals surface area (Å²) in [5.41, 5.74) is 2.26. The minimum Gasteiger partial charge on any atom is -0.391 e. The molecular weight excluding hydrogens is 240 g/mol. The van der Waals surface area contributed by atoms with Gasteiger partial charge in [0.25, 0.3) is 0 Å². The van der Waals surface area contributed by atoms with E-state index in [1.807, 2.05) is 19.9 Å². The van der Waals surface area contributed by atoms with Crippen molar-refractivity contribution < 1.29 is 5.11 Å². The van der Waals surface area contributed by atoms with Gasteiger partial charge in [0.15, 0.2) is 5.82 Å². The van der Waals surface area contributed by atoms with E-state index in [0.29, 0.717) is 23.0 Å². The smallest absolute Gasteiger partial charge is 0.177 e. The van der Waals surface area contributed by atoms with E-state index in [4.69, 9.17) is 11.6 Å². The first-order chi connectivity index (χ1) is 8.17. The zero-order valence-electron chi connectivity index (χ0n) is 9.68. The van der Waals surface area contributed by atoms with Crippen LogP contribution in [0.3, 0.4) is 0 Å². The molecule has 0 bridgehead atoms. The summed E-state index contributed by atoms with van der Waals surface area (Å²) in [5, 5.41) is 21.9. The van der Waals surface area contributed by atoms with Gasteiger partial charge in [-0.3, -0.25) is 0 Å². The first-order valence-corrected chi connectivity index (χ1v) is 5.73. The van der Waals surface area contributed by atoms with Crippen molar-refractivity contribution >= 4 is 11.6 Å². The average molecular weight is 253 g/mol. The lowest BCUT2D eigenvalue weighted by atomic mass is 10.2. The topological polar surface area (TPSA) is 63.8 Å². The average Bonchev–Trinajstić information content (AvgIpc) is 2.66. The molecule has 0 radical (unpaired) electrons. The highest BCUT2D eigenvalue weighted by molar-refractivity contribution is 6.30. The lowest BCUT2D eigenvalue weighted by Gasteiger charge is -2.01. The highest BCUT2D eigenvalue weighted by atomic mass is 35.5. The summed E-state index contributed by atoms with van der Waals surface area (Å²) in [4.78, 5) is 0. The summed E-state index contributed by atoms with van der Waals surface area (Å²) in [5.74, 6) is 0.551. The van der Waals surface area contributed by atoms with Crippen molar-refractivity contribution in [1.29, 1.82) is 0 Å². The van der Waals surface area contributed by atoms with Gasteiger partial charge in [0, 0.05) is 5.56 Å². The lowest BCUT2D eigenvalue weighted by Crippen LogP contribution is -2.02. The normalized spacial score (nSPS) is 10.8. The molecule has 2 aromatic heterocycles.